The molecule has 1 heterocycles. The van der Waals surface area contributed by atoms with E-state index in [1.807, 2.05) is 6.92 Å². The summed E-state index contributed by atoms with van der Waals surface area (Å²) >= 11 is 0. The van der Waals surface area contributed by atoms with Gasteiger partial charge in [-0.05, 0) is 49.2 Å². The van der Waals surface area contributed by atoms with Crippen molar-refractivity contribution in [3.05, 3.63) is 58.4 Å². The highest BCUT2D eigenvalue weighted by molar-refractivity contribution is 6.05. The summed E-state index contributed by atoms with van der Waals surface area (Å²) in [5.41, 5.74) is 0.993. The first-order valence-corrected chi connectivity index (χ1v) is 6.79. The summed E-state index contributed by atoms with van der Waals surface area (Å²) in [5, 5.41) is 11.8. The predicted molar refractivity (Wildman–Crippen MR) is 79.0 cm³/mol. The minimum Gasteiger partial charge on any atom is -0.392 e. The first-order valence-electron chi connectivity index (χ1n) is 6.79. The van der Waals surface area contributed by atoms with Gasteiger partial charge in [0, 0.05) is 5.69 Å². The Hall–Kier alpha value is -2.41. The van der Waals surface area contributed by atoms with Gasteiger partial charge in [-0.15, -0.1) is 0 Å². The van der Waals surface area contributed by atoms with Crippen LogP contribution in [0.4, 0.5) is 18.9 Å². The molecule has 2 N–H and O–H groups in total. The molecule has 2 aromatic rings. The van der Waals surface area contributed by atoms with Crippen molar-refractivity contribution in [1.29, 1.82) is 0 Å². The molecule has 0 fully saturated rings. The van der Waals surface area contributed by atoms with Gasteiger partial charge in [0.25, 0.3) is 5.91 Å². The number of carbonyl (C=O) groups excluding carboxylic acids is 1. The number of hydrogen-bond donors (Lipinski definition) is 2. The summed E-state index contributed by atoms with van der Waals surface area (Å²) in [4.78, 5) is 15.6. The van der Waals surface area contributed by atoms with Crippen molar-refractivity contribution in [1.82, 2.24) is 4.98 Å². The molecule has 4 nitrogen and oxygen atoms in total. The molecule has 122 valence electrons. The molecular formula is C16H15F3N2O2. The second kappa shape index (κ2) is 6.37. The van der Waals surface area contributed by atoms with Gasteiger partial charge in [0.1, 0.15) is 5.69 Å². The van der Waals surface area contributed by atoms with Gasteiger partial charge in [-0.1, -0.05) is 6.07 Å². The SMILES string of the molecule is Cc1ccc(NC(=O)c2ccc(C(F)(F)F)nc2C)cc1CO. The van der Waals surface area contributed by atoms with Crippen LogP contribution in [0.3, 0.4) is 0 Å². The van der Waals surface area contributed by atoms with Crippen LogP contribution in [-0.2, 0) is 12.8 Å². The minimum absolute atomic E-state index is 0.00758. The van der Waals surface area contributed by atoms with Gasteiger partial charge < -0.3 is 10.4 Å². The van der Waals surface area contributed by atoms with Crippen molar-refractivity contribution < 1.29 is 23.1 Å². The molecule has 2 rings (SSSR count). The number of hydrogen-bond acceptors (Lipinski definition) is 3. The standard InChI is InChI=1S/C16H15F3N2O2/c1-9-3-4-12(7-11(9)8-22)21-15(23)13-5-6-14(16(17,18)19)20-10(13)2/h3-7,22H,8H2,1-2H3,(H,21,23). The van der Waals surface area contributed by atoms with Crippen LogP contribution in [0.25, 0.3) is 0 Å². The van der Waals surface area contributed by atoms with Crippen LogP contribution in [0.15, 0.2) is 30.3 Å². The van der Waals surface area contributed by atoms with Gasteiger partial charge >= 0.3 is 6.18 Å². The molecule has 0 unspecified atom stereocenters. The second-order valence-corrected chi connectivity index (χ2v) is 5.08. The summed E-state index contributed by atoms with van der Waals surface area (Å²) in [6.45, 7) is 3.00. The summed E-state index contributed by atoms with van der Waals surface area (Å²) in [6, 6.07) is 6.87. The van der Waals surface area contributed by atoms with Crippen LogP contribution in [0.1, 0.15) is 32.9 Å². The van der Waals surface area contributed by atoms with Gasteiger partial charge in [-0.25, -0.2) is 4.98 Å². The fourth-order valence-electron chi connectivity index (χ4n) is 2.08. The lowest BCUT2D eigenvalue weighted by atomic mass is 10.1. The average molecular weight is 324 g/mol. The van der Waals surface area contributed by atoms with E-state index in [1.54, 1.807) is 18.2 Å². The summed E-state index contributed by atoms with van der Waals surface area (Å²) in [7, 11) is 0. The van der Waals surface area contributed by atoms with E-state index in [0.29, 0.717) is 11.3 Å². The van der Waals surface area contributed by atoms with Crippen molar-refractivity contribution in [2.75, 3.05) is 5.32 Å². The van der Waals surface area contributed by atoms with E-state index in [2.05, 4.69) is 10.3 Å². The number of pyridine rings is 1. The Morgan fingerprint density at radius 2 is 1.91 bits per heavy atom. The Morgan fingerprint density at radius 3 is 2.48 bits per heavy atom. The van der Waals surface area contributed by atoms with E-state index in [1.165, 1.54) is 6.92 Å². The number of aliphatic hydroxyl groups is 1. The van der Waals surface area contributed by atoms with Crippen molar-refractivity contribution in [3.63, 3.8) is 0 Å². The highest BCUT2D eigenvalue weighted by Crippen LogP contribution is 2.28. The van der Waals surface area contributed by atoms with Crippen LogP contribution in [0.2, 0.25) is 0 Å². The number of carbonyl (C=O) groups is 1. The highest BCUT2D eigenvalue weighted by atomic mass is 19.4. The molecule has 23 heavy (non-hydrogen) atoms. The Bertz CT molecular complexity index is 743. The van der Waals surface area contributed by atoms with Gasteiger partial charge in [0.2, 0.25) is 0 Å². The number of aryl methyl sites for hydroxylation is 2. The Kier molecular flexibility index (Phi) is 4.70. The normalized spacial score (nSPS) is 11.4. The molecule has 0 saturated carbocycles. The molecule has 0 spiro atoms. The Morgan fingerprint density at radius 1 is 1.22 bits per heavy atom. The highest BCUT2D eigenvalue weighted by Gasteiger charge is 2.33. The molecule has 1 aromatic heterocycles. The number of nitrogens with zero attached hydrogens (tertiary/aromatic N) is 1. The average Bonchev–Trinajstić information content (AvgIpc) is 2.48. The molecule has 1 aromatic carbocycles. The third-order valence-electron chi connectivity index (χ3n) is 3.40. The van der Waals surface area contributed by atoms with Gasteiger partial charge in [-0.3, -0.25) is 4.79 Å². The molecule has 0 radical (unpaired) electrons. The zero-order valence-corrected chi connectivity index (χ0v) is 12.5. The topological polar surface area (TPSA) is 62.2 Å². The molecular weight excluding hydrogens is 309 g/mol. The lowest BCUT2D eigenvalue weighted by Gasteiger charge is -2.11. The smallest absolute Gasteiger partial charge is 0.392 e. The third-order valence-corrected chi connectivity index (χ3v) is 3.40. The van der Waals surface area contributed by atoms with E-state index < -0.39 is 17.8 Å². The van der Waals surface area contributed by atoms with Crippen LogP contribution in [-0.4, -0.2) is 16.0 Å². The number of aliphatic hydroxyl groups excluding tert-OH is 1. The quantitative estimate of drug-likeness (QED) is 0.909. The maximum Gasteiger partial charge on any atom is 0.433 e. The number of aromatic nitrogens is 1. The lowest BCUT2D eigenvalue weighted by molar-refractivity contribution is -0.141. The number of nitrogens with one attached hydrogen (secondary N) is 1. The zero-order valence-electron chi connectivity index (χ0n) is 12.5. The number of amides is 1. The number of rotatable bonds is 3. The van der Waals surface area contributed by atoms with Crippen molar-refractivity contribution >= 4 is 11.6 Å². The van der Waals surface area contributed by atoms with E-state index in [9.17, 15) is 23.1 Å². The predicted octanol–water partition coefficient (Wildman–Crippen LogP) is 3.46. The molecule has 0 saturated heterocycles. The van der Waals surface area contributed by atoms with E-state index in [4.69, 9.17) is 0 Å². The number of benzene rings is 1. The van der Waals surface area contributed by atoms with Crippen LogP contribution >= 0.6 is 0 Å². The molecule has 0 aliphatic carbocycles. The first kappa shape index (κ1) is 17.0. The van der Waals surface area contributed by atoms with Crippen molar-refractivity contribution in [2.24, 2.45) is 0 Å². The second-order valence-electron chi connectivity index (χ2n) is 5.08. The lowest BCUT2D eigenvalue weighted by Crippen LogP contribution is -2.16. The number of alkyl halides is 3. The van der Waals surface area contributed by atoms with E-state index >= 15 is 0 Å². The van der Waals surface area contributed by atoms with Gasteiger partial charge in [0.05, 0.1) is 17.9 Å². The van der Waals surface area contributed by atoms with Crippen LogP contribution in [0.5, 0.6) is 0 Å². The Labute approximate surface area is 131 Å². The summed E-state index contributed by atoms with van der Waals surface area (Å²) in [6.07, 6.45) is -4.55. The number of halogens is 3. The largest absolute Gasteiger partial charge is 0.433 e. The minimum atomic E-state index is -4.55. The molecule has 7 heteroatoms. The summed E-state index contributed by atoms with van der Waals surface area (Å²) in [5.74, 6) is -0.559. The van der Waals surface area contributed by atoms with E-state index in [0.717, 1.165) is 17.7 Å². The zero-order chi connectivity index (χ0) is 17.2. The monoisotopic (exact) mass is 324 g/mol. The number of anilines is 1. The maximum atomic E-state index is 12.6. The fraction of sp³-hybridized carbons (Fsp3) is 0.250. The van der Waals surface area contributed by atoms with E-state index in [-0.39, 0.29) is 17.9 Å². The third kappa shape index (κ3) is 3.87. The van der Waals surface area contributed by atoms with Crippen LogP contribution in [0, 0.1) is 13.8 Å². The maximum absolute atomic E-state index is 12.6. The van der Waals surface area contributed by atoms with Gasteiger partial charge in [-0.2, -0.15) is 13.2 Å². The Balaban J connectivity index is 2.24. The molecule has 0 bridgehead atoms. The fourth-order valence-corrected chi connectivity index (χ4v) is 2.08. The van der Waals surface area contributed by atoms with Crippen molar-refractivity contribution in [2.45, 2.75) is 26.6 Å². The molecule has 0 atom stereocenters. The summed E-state index contributed by atoms with van der Waals surface area (Å²) < 4.78 is 37.7. The molecule has 0 aliphatic heterocycles. The van der Waals surface area contributed by atoms with Crippen molar-refractivity contribution in [3.8, 4) is 0 Å². The first-order chi connectivity index (χ1) is 10.7. The van der Waals surface area contributed by atoms with Gasteiger partial charge in [0.15, 0.2) is 0 Å². The van der Waals surface area contributed by atoms with Crippen LogP contribution < -0.4 is 5.32 Å². The molecule has 1 amide bonds. The molecule has 0 aliphatic rings.